The summed E-state index contributed by atoms with van der Waals surface area (Å²) in [7, 11) is 0. The van der Waals surface area contributed by atoms with E-state index in [9.17, 15) is 19.2 Å². The molecule has 3 amide bonds. The second-order valence-corrected chi connectivity index (χ2v) is 19.3. The molecule has 2 saturated carbocycles. The third-order valence-electron chi connectivity index (χ3n) is 12.9. The van der Waals surface area contributed by atoms with Crippen LogP contribution in [0.1, 0.15) is 103 Å². The van der Waals surface area contributed by atoms with Gasteiger partial charge in [-0.25, -0.2) is 9.97 Å². The first-order chi connectivity index (χ1) is 30.4. The van der Waals surface area contributed by atoms with Crippen molar-refractivity contribution in [3.8, 4) is 32.0 Å². The number of hydrogen-bond acceptors (Lipinski definition) is 8. The smallest absolute Gasteiger partial charge is 0.250 e. The zero-order valence-corrected chi connectivity index (χ0v) is 36.2. The molecule has 0 spiro atoms. The molecule has 2 aliphatic carbocycles. The van der Waals surface area contributed by atoms with Crippen molar-refractivity contribution in [1.82, 2.24) is 25.1 Å². The first-order valence-electron chi connectivity index (χ1n) is 22.0. The summed E-state index contributed by atoms with van der Waals surface area (Å²) >= 11 is 3.27. The van der Waals surface area contributed by atoms with Gasteiger partial charge < -0.3 is 15.1 Å². The molecule has 4 aromatic carbocycles. The second-order valence-electron chi connectivity index (χ2n) is 17.2. The van der Waals surface area contributed by atoms with Gasteiger partial charge in [0.05, 0.1) is 27.8 Å². The van der Waals surface area contributed by atoms with Crippen molar-refractivity contribution >= 4 is 46.2 Å². The molecule has 314 valence electrons. The normalized spacial score (nSPS) is 19.6. The maximum atomic E-state index is 14.2. The summed E-state index contributed by atoms with van der Waals surface area (Å²) in [4.78, 5) is 69.8. The number of hydrogen-bond donors (Lipinski definition) is 1. The quantitative estimate of drug-likeness (QED) is 0.117. The number of amides is 3. The zero-order valence-electron chi connectivity index (χ0n) is 34.5. The van der Waals surface area contributed by atoms with Crippen molar-refractivity contribution in [2.45, 2.75) is 81.8 Å². The second kappa shape index (κ2) is 17.5. The molecule has 11 heteroatoms. The van der Waals surface area contributed by atoms with Crippen molar-refractivity contribution in [3.05, 3.63) is 143 Å². The van der Waals surface area contributed by atoms with Gasteiger partial charge in [-0.2, -0.15) is 0 Å². The molecule has 10 rings (SSSR count). The lowest BCUT2D eigenvalue weighted by Crippen LogP contribution is -2.43. The van der Waals surface area contributed by atoms with Gasteiger partial charge in [-0.05, 0) is 84.7 Å². The molecular weight excluding hydrogens is 811 g/mol. The average Bonchev–Trinajstić information content (AvgIpc) is 4.07. The molecule has 2 saturated heterocycles. The predicted octanol–water partition coefficient (Wildman–Crippen LogP) is 10.3. The topological polar surface area (TPSA) is 113 Å². The fourth-order valence-corrected chi connectivity index (χ4v) is 11.2. The van der Waals surface area contributed by atoms with Crippen LogP contribution in [0.5, 0.6) is 0 Å². The minimum atomic E-state index is -0.709. The first kappa shape index (κ1) is 40.3. The van der Waals surface area contributed by atoms with Crippen LogP contribution in [0.25, 0.3) is 32.0 Å². The highest BCUT2D eigenvalue weighted by Gasteiger charge is 2.41. The number of carbonyl (C=O) groups is 4. The van der Waals surface area contributed by atoms with E-state index in [0.717, 1.165) is 105 Å². The summed E-state index contributed by atoms with van der Waals surface area (Å²) < 4.78 is 0. The maximum Gasteiger partial charge on any atom is 0.250 e. The number of Topliss-reactive ketones (excluding diaryl/α,β-unsaturated/α-hetero) is 1. The van der Waals surface area contributed by atoms with E-state index in [1.54, 1.807) is 22.7 Å². The van der Waals surface area contributed by atoms with Gasteiger partial charge in [-0.1, -0.05) is 109 Å². The van der Waals surface area contributed by atoms with Gasteiger partial charge in [0.1, 0.15) is 21.8 Å². The maximum absolute atomic E-state index is 14.2. The van der Waals surface area contributed by atoms with Gasteiger partial charge in [0, 0.05) is 43.7 Å². The average molecular weight is 860 g/mol. The molecule has 0 radical (unpaired) electrons. The lowest BCUT2D eigenvalue weighted by atomic mass is 9.91. The van der Waals surface area contributed by atoms with Crippen LogP contribution in [-0.2, 0) is 19.2 Å². The molecule has 0 unspecified atom stereocenters. The highest BCUT2D eigenvalue weighted by atomic mass is 32.1. The number of ketones is 1. The van der Waals surface area contributed by atoms with Crippen LogP contribution < -0.4 is 5.32 Å². The van der Waals surface area contributed by atoms with Crippen molar-refractivity contribution in [2.24, 2.45) is 11.8 Å². The van der Waals surface area contributed by atoms with Gasteiger partial charge in [-0.15, -0.1) is 22.7 Å². The molecule has 2 aromatic heterocycles. The molecule has 6 aromatic rings. The van der Waals surface area contributed by atoms with E-state index in [4.69, 9.17) is 9.97 Å². The summed E-state index contributed by atoms with van der Waals surface area (Å²) in [5, 5.41) is 4.93. The molecule has 9 nitrogen and oxygen atoms in total. The molecule has 2 aliphatic heterocycles. The van der Waals surface area contributed by atoms with E-state index in [1.807, 2.05) is 82.9 Å². The summed E-state index contributed by atoms with van der Waals surface area (Å²) in [6.45, 7) is 1.31. The van der Waals surface area contributed by atoms with Crippen LogP contribution in [-0.4, -0.2) is 56.4 Å². The molecular formula is C51H49N5O4S2. The van der Waals surface area contributed by atoms with Crippen LogP contribution in [0.2, 0.25) is 0 Å². The standard InChI is InChI=1S/C51H49N5O4S2/c57-43(35-19-20-35)29-40(34-9-3-1-4-10-34)50(59)55-27-7-13-41(55)48-52-30-44(61-48)36-21-15-32(16-22-36)33-17-23-37(24-18-33)45-31-53-49(62-45)42-14-8-28-56(42)51(60)46(38-11-5-2-6-12-38)54-47(58)39-25-26-39/h1-6,9-12,15-18,21-24,30-31,35,39-42,46H,7-8,13-14,19-20,25-29H2,(H,54,58)/t40-,41+,42+,46-/m1/s1. The summed E-state index contributed by atoms with van der Waals surface area (Å²) in [5.41, 5.74) is 6.09. The lowest BCUT2D eigenvalue weighted by molar-refractivity contribution is -0.137. The number of aromatic nitrogens is 2. The summed E-state index contributed by atoms with van der Waals surface area (Å²) in [6, 6.07) is 35.5. The Kier molecular flexibility index (Phi) is 11.4. The van der Waals surface area contributed by atoms with E-state index in [0.29, 0.717) is 13.1 Å². The highest BCUT2D eigenvalue weighted by Crippen LogP contribution is 2.42. The van der Waals surface area contributed by atoms with Crippen LogP contribution in [0.4, 0.5) is 0 Å². The Bertz CT molecular complexity index is 2390. The molecule has 4 heterocycles. The lowest BCUT2D eigenvalue weighted by Gasteiger charge is -2.28. The zero-order chi connectivity index (χ0) is 42.2. The van der Waals surface area contributed by atoms with Crippen LogP contribution >= 0.6 is 22.7 Å². The molecule has 1 N–H and O–H groups in total. The van der Waals surface area contributed by atoms with Gasteiger partial charge in [0.15, 0.2) is 0 Å². The fourth-order valence-electron chi connectivity index (χ4n) is 9.09. The highest BCUT2D eigenvalue weighted by molar-refractivity contribution is 7.15. The molecule has 4 aliphatic rings. The summed E-state index contributed by atoms with van der Waals surface area (Å²) in [5.74, 6) is -0.198. The molecule has 62 heavy (non-hydrogen) atoms. The van der Waals surface area contributed by atoms with Crippen LogP contribution in [0.15, 0.2) is 122 Å². The Morgan fingerprint density at radius 2 is 1.03 bits per heavy atom. The van der Waals surface area contributed by atoms with E-state index < -0.39 is 12.0 Å². The van der Waals surface area contributed by atoms with Gasteiger partial charge >= 0.3 is 0 Å². The van der Waals surface area contributed by atoms with E-state index in [1.165, 1.54) is 0 Å². The number of thiazole rings is 2. The number of carbonyl (C=O) groups excluding carboxylic acids is 4. The SMILES string of the molecule is O=C(C[C@@H](C(=O)N1CCC[C@H]1c1ncc(-c2ccc(-c3ccc(-c4cnc([C@@H]5CCCN5C(=O)[C@H](NC(=O)C5CC5)c5ccccc5)s4)cc3)cc2)s1)c1ccccc1)C1CC1. The third kappa shape index (κ3) is 8.52. The third-order valence-corrected chi connectivity index (χ3v) is 15.2. The molecule has 4 atom stereocenters. The van der Waals surface area contributed by atoms with Gasteiger partial charge in [0.25, 0.3) is 0 Å². The van der Waals surface area contributed by atoms with E-state index in [2.05, 4.69) is 53.8 Å². The minimum Gasteiger partial charge on any atom is -0.340 e. The number of benzene rings is 4. The Balaban J connectivity index is 0.797. The van der Waals surface area contributed by atoms with Crippen LogP contribution in [0.3, 0.4) is 0 Å². The molecule has 4 fully saturated rings. The summed E-state index contributed by atoms with van der Waals surface area (Å²) in [6.07, 6.45) is 11.3. The van der Waals surface area contributed by atoms with Gasteiger partial charge in [-0.3, -0.25) is 19.2 Å². The fraction of sp³-hybridized carbons (Fsp3) is 0.333. The van der Waals surface area contributed by atoms with Crippen molar-refractivity contribution < 1.29 is 19.2 Å². The largest absolute Gasteiger partial charge is 0.340 e. The Hall–Kier alpha value is -5.78. The number of nitrogens with one attached hydrogen (secondary N) is 1. The van der Waals surface area contributed by atoms with Crippen molar-refractivity contribution in [1.29, 1.82) is 0 Å². The number of nitrogens with zero attached hydrogens (tertiary/aromatic N) is 4. The first-order valence-corrected chi connectivity index (χ1v) is 23.7. The van der Waals surface area contributed by atoms with Crippen molar-refractivity contribution in [3.63, 3.8) is 0 Å². The Morgan fingerprint density at radius 1 is 0.565 bits per heavy atom. The minimum absolute atomic E-state index is 0.0123. The van der Waals surface area contributed by atoms with Gasteiger partial charge in [0.2, 0.25) is 17.7 Å². The Labute approximate surface area is 370 Å². The number of likely N-dealkylation sites (tertiary alicyclic amines) is 2. The number of rotatable bonds is 14. The predicted molar refractivity (Wildman–Crippen MR) is 243 cm³/mol. The molecule has 0 bridgehead atoms. The van der Waals surface area contributed by atoms with E-state index >= 15 is 0 Å². The monoisotopic (exact) mass is 859 g/mol. The Morgan fingerprint density at radius 3 is 1.53 bits per heavy atom. The van der Waals surface area contributed by atoms with Crippen LogP contribution in [0, 0.1) is 11.8 Å². The van der Waals surface area contributed by atoms with Crippen molar-refractivity contribution in [2.75, 3.05) is 13.1 Å². The van der Waals surface area contributed by atoms with E-state index in [-0.39, 0.29) is 53.8 Å².